The number of aryl methyl sites for hydroxylation is 1. The van der Waals surface area contributed by atoms with Crippen molar-refractivity contribution < 1.29 is 4.42 Å². The summed E-state index contributed by atoms with van der Waals surface area (Å²) in [4.78, 5) is 8.76. The molecule has 4 nitrogen and oxygen atoms in total. The molecule has 0 saturated carbocycles. The van der Waals surface area contributed by atoms with Crippen LogP contribution in [0.15, 0.2) is 33.3 Å². The van der Waals surface area contributed by atoms with E-state index >= 15 is 0 Å². The third-order valence-corrected chi connectivity index (χ3v) is 4.14. The number of anilines is 1. The molecule has 0 aliphatic carbocycles. The minimum atomic E-state index is -0.00213. The summed E-state index contributed by atoms with van der Waals surface area (Å²) in [5.74, 6) is 1.50. The number of halogens is 1. The lowest BCUT2D eigenvalue weighted by molar-refractivity contribution is 0.453. The van der Waals surface area contributed by atoms with Gasteiger partial charge < -0.3 is 9.73 Å². The van der Waals surface area contributed by atoms with Crippen LogP contribution in [0.3, 0.4) is 0 Å². The van der Waals surface area contributed by atoms with Gasteiger partial charge in [-0.25, -0.2) is 9.97 Å². The number of rotatable bonds is 3. The number of fused-ring (bicyclic) bond motifs is 1. The molecule has 0 saturated heterocycles. The maximum Gasteiger partial charge on any atom is 0.216 e. The predicted octanol–water partition coefficient (Wildman–Crippen LogP) is 4.53. The standard InChI is InChI=1S/C13H12BrN3OS/c1-7-6-15-12(18-7)8(2)16-13-17-10-4-3-9(14)5-11(10)19-13/h3-6,8H,1-2H3,(H,16,17). The molecular formula is C13H12BrN3OS. The first-order valence-electron chi connectivity index (χ1n) is 5.87. The first kappa shape index (κ1) is 12.6. The summed E-state index contributed by atoms with van der Waals surface area (Å²) in [6.45, 7) is 3.89. The summed E-state index contributed by atoms with van der Waals surface area (Å²) < 4.78 is 7.71. The van der Waals surface area contributed by atoms with E-state index in [2.05, 4.69) is 37.3 Å². The van der Waals surface area contributed by atoms with Gasteiger partial charge in [0.05, 0.1) is 16.4 Å². The highest BCUT2D eigenvalue weighted by atomic mass is 79.9. The summed E-state index contributed by atoms with van der Waals surface area (Å²) in [7, 11) is 0. The number of aromatic nitrogens is 2. The van der Waals surface area contributed by atoms with E-state index in [4.69, 9.17) is 4.42 Å². The molecule has 1 N–H and O–H groups in total. The van der Waals surface area contributed by atoms with E-state index in [1.54, 1.807) is 17.5 Å². The molecule has 2 aromatic heterocycles. The third kappa shape index (κ3) is 2.64. The van der Waals surface area contributed by atoms with Gasteiger partial charge in [0.2, 0.25) is 5.89 Å². The lowest BCUT2D eigenvalue weighted by atomic mass is 10.3. The fraction of sp³-hybridized carbons (Fsp3) is 0.231. The Morgan fingerprint density at radius 1 is 1.42 bits per heavy atom. The van der Waals surface area contributed by atoms with Gasteiger partial charge in [-0.15, -0.1) is 0 Å². The second-order valence-electron chi connectivity index (χ2n) is 4.31. The molecule has 98 valence electrons. The minimum Gasteiger partial charge on any atom is -0.444 e. The molecule has 3 aromatic rings. The van der Waals surface area contributed by atoms with E-state index in [1.165, 1.54) is 0 Å². The van der Waals surface area contributed by atoms with Crippen molar-refractivity contribution >= 4 is 42.6 Å². The number of hydrogen-bond acceptors (Lipinski definition) is 5. The van der Waals surface area contributed by atoms with E-state index < -0.39 is 0 Å². The van der Waals surface area contributed by atoms with E-state index in [0.717, 1.165) is 25.6 Å². The van der Waals surface area contributed by atoms with Crippen LogP contribution < -0.4 is 5.32 Å². The molecule has 3 rings (SSSR count). The van der Waals surface area contributed by atoms with Crippen molar-refractivity contribution in [3.63, 3.8) is 0 Å². The summed E-state index contributed by atoms with van der Waals surface area (Å²) >= 11 is 5.09. The van der Waals surface area contributed by atoms with Crippen LogP contribution in [0.25, 0.3) is 10.2 Å². The molecule has 0 aliphatic rings. The van der Waals surface area contributed by atoms with Crippen LogP contribution in [-0.4, -0.2) is 9.97 Å². The van der Waals surface area contributed by atoms with E-state index in [0.29, 0.717) is 5.89 Å². The minimum absolute atomic E-state index is 0.00213. The number of nitrogens with one attached hydrogen (secondary N) is 1. The molecular weight excluding hydrogens is 326 g/mol. The smallest absolute Gasteiger partial charge is 0.216 e. The van der Waals surface area contributed by atoms with Crippen LogP contribution in [-0.2, 0) is 0 Å². The molecule has 1 atom stereocenters. The molecule has 0 bridgehead atoms. The molecule has 2 heterocycles. The Labute approximate surface area is 123 Å². The Hall–Kier alpha value is -1.40. The van der Waals surface area contributed by atoms with Gasteiger partial charge in [0.1, 0.15) is 11.8 Å². The van der Waals surface area contributed by atoms with Crippen LogP contribution in [0.5, 0.6) is 0 Å². The van der Waals surface area contributed by atoms with Crippen molar-refractivity contribution in [2.75, 3.05) is 5.32 Å². The average Bonchev–Trinajstić information content (AvgIpc) is 2.94. The van der Waals surface area contributed by atoms with Gasteiger partial charge in [0.25, 0.3) is 0 Å². The Bertz CT molecular complexity index is 722. The van der Waals surface area contributed by atoms with Gasteiger partial charge in [-0.3, -0.25) is 0 Å². The Balaban J connectivity index is 1.85. The summed E-state index contributed by atoms with van der Waals surface area (Å²) in [6.07, 6.45) is 1.73. The fourth-order valence-electron chi connectivity index (χ4n) is 1.78. The van der Waals surface area contributed by atoms with E-state index in [1.807, 2.05) is 26.0 Å². The van der Waals surface area contributed by atoms with Crippen molar-refractivity contribution in [1.82, 2.24) is 9.97 Å². The predicted molar refractivity (Wildman–Crippen MR) is 80.6 cm³/mol. The number of thiazole rings is 1. The summed E-state index contributed by atoms with van der Waals surface area (Å²) in [6, 6.07) is 6.06. The monoisotopic (exact) mass is 337 g/mol. The highest BCUT2D eigenvalue weighted by Crippen LogP contribution is 2.30. The fourth-order valence-corrected chi connectivity index (χ4v) is 3.28. The molecule has 1 unspecified atom stereocenters. The third-order valence-electron chi connectivity index (χ3n) is 2.70. The van der Waals surface area contributed by atoms with Gasteiger partial charge >= 0.3 is 0 Å². The Morgan fingerprint density at radius 2 is 2.26 bits per heavy atom. The van der Waals surface area contributed by atoms with E-state index in [-0.39, 0.29) is 6.04 Å². The number of nitrogens with zero attached hydrogens (tertiary/aromatic N) is 2. The van der Waals surface area contributed by atoms with Gasteiger partial charge in [0, 0.05) is 4.47 Å². The van der Waals surface area contributed by atoms with Crippen molar-refractivity contribution in [3.8, 4) is 0 Å². The van der Waals surface area contributed by atoms with Crippen LogP contribution in [0, 0.1) is 6.92 Å². The van der Waals surface area contributed by atoms with Gasteiger partial charge in [-0.05, 0) is 32.0 Å². The lowest BCUT2D eigenvalue weighted by Gasteiger charge is -2.07. The summed E-state index contributed by atoms with van der Waals surface area (Å²) in [5.41, 5.74) is 0.992. The first-order valence-corrected chi connectivity index (χ1v) is 7.48. The SMILES string of the molecule is Cc1cnc(C(C)Nc2nc3ccc(Br)cc3s2)o1. The molecule has 19 heavy (non-hydrogen) atoms. The normalized spacial score (nSPS) is 12.8. The molecule has 0 spiro atoms. The second kappa shape index (κ2) is 4.94. The Kier molecular flexibility index (Phi) is 3.28. The Morgan fingerprint density at radius 3 is 3.00 bits per heavy atom. The topological polar surface area (TPSA) is 51.0 Å². The van der Waals surface area contributed by atoms with Crippen molar-refractivity contribution in [3.05, 3.63) is 40.5 Å². The number of oxazole rings is 1. The maximum absolute atomic E-state index is 5.51. The van der Waals surface area contributed by atoms with Crippen molar-refractivity contribution in [1.29, 1.82) is 0 Å². The zero-order chi connectivity index (χ0) is 13.4. The van der Waals surface area contributed by atoms with Crippen LogP contribution in [0.4, 0.5) is 5.13 Å². The summed E-state index contributed by atoms with van der Waals surface area (Å²) in [5, 5.41) is 4.19. The number of benzene rings is 1. The van der Waals surface area contributed by atoms with Crippen LogP contribution in [0.1, 0.15) is 24.6 Å². The molecule has 0 radical (unpaired) electrons. The van der Waals surface area contributed by atoms with Gasteiger partial charge in [0.15, 0.2) is 5.13 Å². The maximum atomic E-state index is 5.51. The number of hydrogen-bond donors (Lipinski definition) is 1. The highest BCUT2D eigenvalue weighted by molar-refractivity contribution is 9.10. The largest absolute Gasteiger partial charge is 0.444 e. The molecule has 6 heteroatoms. The molecule has 0 aliphatic heterocycles. The highest BCUT2D eigenvalue weighted by Gasteiger charge is 2.13. The molecule has 0 fully saturated rings. The molecule has 0 amide bonds. The van der Waals surface area contributed by atoms with Crippen LogP contribution >= 0.6 is 27.3 Å². The average molecular weight is 338 g/mol. The first-order chi connectivity index (χ1) is 9.11. The van der Waals surface area contributed by atoms with Crippen LogP contribution in [0.2, 0.25) is 0 Å². The van der Waals surface area contributed by atoms with Crippen molar-refractivity contribution in [2.45, 2.75) is 19.9 Å². The molecule has 1 aromatic carbocycles. The van der Waals surface area contributed by atoms with Gasteiger partial charge in [-0.2, -0.15) is 0 Å². The van der Waals surface area contributed by atoms with Crippen molar-refractivity contribution in [2.24, 2.45) is 0 Å². The van der Waals surface area contributed by atoms with E-state index in [9.17, 15) is 0 Å². The zero-order valence-electron chi connectivity index (χ0n) is 10.5. The lowest BCUT2D eigenvalue weighted by Crippen LogP contribution is -2.06. The quantitative estimate of drug-likeness (QED) is 0.762. The zero-order valence-corrected chi connectivity index (χ0v) is 12.9. The van der Waals surface area contributed by atoms with Gasteiger partial charge in [-0.1, -0.05) is 27.3 Å². The second-order valence-corrected chi connectivity index (χ2v) is 6.25.